The summed E-state index contributed by atoms with van der Waals surface area (Å²) in [6.07, 6.45) is -2.60. The Morgan fingerprint density at radius 3 is 1.40 bits per heavy atom. The van der Waals surface area contributed by atoms with Crippen molar-refractivity contribution in [1.29, 1.82) is 0 Å². The highest BCUT2D eigenvalue weighted by molar-refractivity contribution is 5.97. The van der Waals surface area contributed by atoms with Gasteiger partial charge >= 0.3 is 12.3 Å². The van der Waals surface area contributed by atoms with Crippen LogP contribution in [-0.2, 0) is 60.6 Å². The maximum atomic E-state index is 14.1. The Morgan fingerprint density at radius 1 is 0.640 bits per heavy atom. The van der Waals surface area contributed by atoms with Gasteiger partial charge in [-0.25, -0.2) is 4.79 Å². The number of aryl methyl sites for hydroxylation is 2. The third-order valence-corrected chi connectivity index (χ3v) is 16.0. The van der Waals surface area contributed by atoms with Gasteiger partial charge in [-0.3, -0.25) is 48.3 Å². The van der Waals surface area contributed by atoms with E-state index < -0.39 is 78.6 Å². The van der Waals surface area contributed by atoms with Gasteiger partial charge in [0, 0.05) is 36.9 Å². The van der Waals surface area contributed by atoms with Gasteiger partial charge in [-0.2, -0.15) is 13.2 Å². The summed E-state index contributed by atoms with van der Waals surface area (Å²) < 4.78 is 55.1. The molecule has 466 valence electrons. The second-order valence-electron chi connectivity index (χ2n) is 22.7. The van der Waals surface area contributed by atoms with E-state index in [2.05, 4.69) is 39.5 Å². The van der Waals surface area contributed by atoms with Crippen LogP contribution in [0.5, 0.6) is 0 Å². The Kier molecular flexibility index (Phi) is 22.7. The van der Waals surface area contributed by atoms with Crippen LogP contribution in [0, 0.1) is 5.92 Å². The predicted molar refractivity (Wildman–Crippen MR) is 316 cm³/mol. The Labute approximate surface area is 504 Å². The smallest absolute Gasteiger partial charge is 0.444 e. The van der Waals surface area contributed by atoms with Crippen molar-refractivity contribution in [3.05, 3.63) is 142 Å². The van der Waals surface area contributed by atoms with Gasteiger partial charge < -0.3 is 35.5 Å². The minimum absolute atomic E-state index is 0. The number of hydrogen-bond acceptors (Lipinski definition) is 11. The summed E-state index contributed by atoms with van der Waals surface area (Å²) in [5.74, 6) is -2.02. The highest BCUT2D eigenvalue weighted by Crippen LogP contribution is 2.47. The molecule has 2 saturated heterocycles. The van der Waals surface area contributed by atoms with Crippen molar-refractivity contribution in [3.63, 3.8) is 0 Å². The largest absolute Gasteiger partial charge is 0.446 e. The number of benzene rings is 4. The molecule has 0 saturated carbocycles. The zero-order chi connectivity index (χ0) is 62.8. The molecule has 18 nitrogen and oxygen atoms in total. The zero-order valence-electron chi connectivity index (χ0n) is 50.8. The van der Waals surface area contributed by atoms with Gasteiger partial charge in [0.15, 0.2) is 12.5 Å². The molecule has 4 N–H and O–H groups in total. The fourth-order valence-corrected chi connectivity index (χ4v) is 11.4. The fraction of sp³-hybridized carbons (Fsp3) is 0.508. The highest BCUT2D eigenvalue weighted by atomic mass is 19.4. The first kappa shape index (κ1) is 65.9. The standard InChI is InChI=1S/C32H40N4O6.C28H33N3O4.C2HF3O.C2H6.CH4/c1-19(35(5)31(40)42-32(2,3)4)27(37)34-25-17-18-41-30-23-15-9-8-14-22(23)26(36(30)29(25)39)28(38)33-24-16-10-12-20-11-6-7-13-21(20)24;1-3-17(2)25(32)30-23-15-16-35-28-21-13-7-6-12-20(21)24(31(28)27(23)34)26(33)29-22-14-8-10-18-9-4-5-11-19(18)22;3-2(4,5)1-6;1-2;/h6-9,11,13-15,19,24-26,30H,10,12,16-18H2,1-5H3,(H,33,38)(H,34,37);4-7,9,11-13,17,22-24,28H,3,8,10,14-16H2,1-2H3,(H,29,33)(H,30,32);1H;1-2H3;1H4/t19-,24+,25-,26?,30-;17-,22-,23+,24?,28+;;;/m01.../s1/i;;1D;;. The summed E-state index contributed by atoms with van der Waals surface area (Å²) in [5, 5.41) is 12.2. The topological polar surface area (TPSA) is 222 Å². The Hall–Kier alpha value is -7.65. The van der Waals surface area contributed by atoms with E-state index in [-0.39, 0.29) is 62.1 Å². The number of ether oxygens (including phenoxy) is 3. The molecule has 10 atom stereocenters. The van der Waals surface area contributed by atoms with Gasteiger partial charge in [0.1, 0.15) is 37.2 Å². The summed E-state index contributed by atoms with van der Waals surface area (Å²) in [7, 11) is 1.48. The minimum Gasteiger partial charge on any atom is -0.444 e. The lowest BCUT2D eigenvalue weighted by molar-refractivity contribution is -0.156. The lowest BCUT2D eigenvalue weighted by Gasteiger charge is -2.33. The number of hydrogen-bond donors (Lipinski definition) is 4. The van der Waals surface area contributed by atoms with Gasteiger partial charge in [-0.1, -0.05) is 132 Å². The summed E-state index contributed by atoms with van der Waals surface area (Å²) in [6, 6.07) is 26.9. The Morgan fingerprint density at radius 2 is 1.01 bits per heavy atom. The second kappa shape index (κ2) is 29.6. The molecule has 2 unspecified atom stereocenters. The summed E-state index contributed by atoms with van der Waals surface area (Å²) >= 11 is 0. The number of likely N-dealkylation sites (N-methyl/N-ethyl adjacent to an activating group) is 1. The molecule has 21 heteroatoms. The van der Waals surface area contributed by atoms with Crippen LogP contribution >= 0.6 is 0 Å². The first-order chi connectivity index (χ1) is 40.9. The number of rotatable bonds is 10. The molecule has 2 aliphatic carbocycles. The predicted octanol–water partition coefficient (Wildman–Crippen LogP) is 10.0. The highest BCUT2D eigenvalue weighted by Gasteiger charge is 2.51. The van der Waals surface area contributed by atoms with Gasteiger partial charge in [0.05, 0.1) is 25.3 Å². The molecular weight excluding hydrogens is 1110 g/mol. The van der Waals surface area contributed by atoms with Gasteiger partial charge in [0.25, 0.3) is 0 Å². The number of carbonyl (C=O) groups is 8. The average molecular weight is 1200 g/mol. The van der Waals surface area contributed by atoms with Crippen molar-refractivity contribution >= 4 is 47.8 Å². The SMILES string of the molecule is C.CC.CC[C@@H](C)C(=O)N[C@H]1CCO[C@H]2c3ccccc3C(C(=O)N[C@@H]3CCCc4ccccc43)N2C1=O.C[C@@H](C(=O)N[C@H]1CCO[C@H]2c3ccccc3C(C(=O)N[C@@H]3CCCc4ccccc43)N2C1=O)N(C)C(=O)OC(C)(C)C.[2H]C(=O)C(F)(F)F. The van der Waals surface area contributed by atoms with E-state index in [1.54, 1.807) is 32.6 Å². The number of nitrogens with zero attached hydrogens (tertiary/aromatic N) is 3. The van der Waals surface area contributed by atoms with E-state index in [9.17, 15) is 46.7 Å². The number of fused-ring (bicyclic) bond motifs is 8. The molecule has 0 radical (unpaired) electrons. The monoisotopic (exact) mass is 1200 g/mol. The quantitative estimate of drug-likeness (QED) is 0.109. The van der Waals surface area contributed by atoms with Crippen molar-refractivity contribution in [1.82, 2.24) is 36.0 Å². The van der Waals surface area contributed by atoms with Gasteiger partial charge in [-0.15, -0.1) is 0 Å². The fourth-order valence-electron chi connectivity index (χ4n) is 11.4. The minimum atomic E-state index is -4.97. The number of nitrogens with one attached hydrogen (secondary N) is 4. The average Bonchev–Trinajstić information content (AvgIpc) is 1.64. The number of carbonyl (C=O) groups excluding carboxylic acids is 8. The third kappa shape index (κ3) is 15.7. The maximum absolute atomic E-state index is 14.1. The van der Waals surface area contributed by atoms with E-state index in [1.807, 2.05) is 107 Å². The van der Waals surface area contributed by atoms with Crippen molar-refractivity contribution in [2.24, 2.45) is 5.92 Å². The number of amides is 7. The summed E-state index contributed by atoms with van der Waals surface area (Å²) in [6.45, 7) is 15.1. The van der Waals surface area contributed by atoms with Gasteiger partial charge in [0.2, 0.25) is 41.7 Å². The molecule has 4 aromatic rings. The van der Waals surface area contributed by atoms with Crippen LogP contribution in [0.3, 0.4) is 0 Å². The molecular formula is C65H84F3N7O11. The van der Waals surface area contributed by atoms with Crippen LogP contribution < -0.4 is 21.3 Å². The molecule has 4 heterocycles. The lowest BCUT2D eigenvalue weighted by atomic mass is 9.87. The van der Waals surface area contributed by atoms with Crippen LogP contribution in [0.1, 0.15) is 190 Å². The number of halogens is 3. The van der Waals surface area contributed by atoms with Gasteiger partial charge in [-0.05, 0) is 106 Å². The number of aldehydes is 1. The van der Waals surface area contributed by atoms with Crippen molar-refractivity contribution < 1.29 is 67.1 Å². The molecule has 10 rings (SSSR count). The van der Waals surface area contributed by atoms with E-state index >= 15 is 0 Å². The third-order valence-electron chi connectivity index (χ3n) is 16.0. The van der Waals surface area contributed by atoms with E-state index in [0.717, 1.165) is 66.3 Å². The normalized spacial score (nSPS) is 23.3. The maximum Gasteiger partial charge on any atom is 0.446 e. The van der Waals surface area contributed by atoms with Crippen molar-refractivity contribution in [3.8, 4) is 0 Å². The molecule has 86 heavy (non-hydrogen) atoms. The van der Waals surface area contributed by atoms with E-state index in [4.69, 9.17) is 20.4 Å². The first-order valence-electron chi connectivity index (χ1n) is 29.9. The second-order valence-corrected chi connectivity index (χ2v) is 22.7. The zero-order valence-corrected chi connectivity index (χ0v) is 49.8. The van der Waals surface area contributed by atoms with Crippen LogP contribution in [0.25, 0.3) is 0 Å². The van der Waals surface area contributed by atoms with Crippen LogP contribution in [-0.4, -0.2) is 113 Å². The van der Waals surface area contributed by atoms with Crippen molar-refractivity contribution in [2.75, 3.05) is 20.3 Å². The summed E-state index contributed by atoms with van der Waals surface area (Å²) in [4.78, 5) is 107. The molecule has 2 fully saturated rings. The molecule has 6 aliphatic rings. The first-order valence-corrected chi connectivity index (χ1v) is 29.4. The number of alkyl halides is 3. The van der Waals surface area contributed by atoms with E-state index in [1.165, 1.54) is 28.0 Å². The molecule has 4 aliphatic heterocycles. The molecule has 0 spiro atoms. The summed E-state index contributed by atoms with van der Waals surface area (Å²) in [5.41, 5.74) is 7.10. The van der Waals surface area contributed by atoms with Crippen molar-refractivity contribution in [2.45, 2.75) is 187 Å². The molecule has 0 aromatic heterocycles. The Bertz CT molecular complexity index is 3120. The lowest BCUT2D eigenvalue weighted by Crippen LogP contribution is -2.54. The molecule has 7 amide bonds. The molecule has 4 aromatic carbocycles. The van der Waals surface area contributed by atoms with Crippen LogP contribution in [0.4, 0.5) is 18.0 Å². The van der Waals surface area contributed by atoms with Crippen LogP contribution in [0.2, 0.25) is 0 Å². The van der Waals surface area contributed by atoms with E-state index in [0.29, 0.717) is 25.0 Å². The van der Waals surface area contributed by atoms with Crippen LogP contribution in [0.15, 0.2) is 97.1 Å². The molecule has 0 bridgehead atoms. The Balaban J connectivity index is 0.000000244.